The third kappa shape index (κ3) is 4.00. The van der Waals surface area contributed by atoms with Crippen LogP contribution in [0, 0.1) is 0 Å². The van der Waals surface area contributed by atoms with Gasteiger partial charge in [0.25, 0.3) is 0 Å². The van der Waals surface area contributed by atoms with Gasteiger partial charge in [0.1, 0.15) is 5.76 Å². The largest absolute Gasteiger partial charge is 0.467 e. The maximum absolute atomic E-state index is 13.0. The summed E-state index contributed by atoms with van der Waals surface area (Å²) in [6.45, 7) is 0.106. The van der Waals surface area contributed by atoms with Gasteiger partial charge in [0.15, 0.2) is 0 Å². The highest BCUT2D eigenvalue weighted by atomic mass is 19.4. The number of nitrogens with one attached hydrogen (secondary N) is 2. The Labute approximate surface area is 140 Å². The summed E-state index contributed by atoms with van der Waals surface area (Å²) in [4.78, 5) is 12.0. The number of urea groups is 1. The van der Waals surface area contributed by atoms with Crippen molar-refractivity contribution in [2.75, 3.05) is 5.32 Å². The Morgan fingerprint density at radius 1 is 1.24 bits per heavy atom. The van der Waals surface area contributed by atoms with Crippen LogP contribution >= 0.6 is 0 Å². The molecule has 0 spiro atoms. The van der Waals surface area contributed by atoms with Crippen molar-refractivity contribution in [1.82, 2.24) is 15.1 Å². The molecule has 2 N–H and O–H groups in total. The maximum Gasteiger partial charge on any atom is 0.416 e. The van der Waals surface area contributed by atoms with Crippen LogP contribution in [0.3, 0.4) is 0 Å². The van der Waals surface area contributed by atoms with E-state index in [1.165, 1.54) is 23.2 Å². The van der Waals surface area contributed by atoms with E-state index in [0.29, 0.717) is 11.4 Å². The molecule has 0 aliphatic rings. The summed E-state index contributed by atoms with van der Waals surface area (Å²) in [6.07, 6.45) is -0.0196. The first kappa shape index (κ1) is 16.6. The van der Waals surface area contributed by atoms with E-state index in [4.69, 9.17) is 4.42 Å². The first-order chi connectivity index (χ1) is 11.9. The molecule has 9 heteroatoms. The number of amides is 2. The van der Waals surface area contributed by atoms with Crippen LogP contribution in [0.2, 0.25) is 0 Å². The number of furan rings is 1. The second-order valence-electron chi connectivity index (χ2n) is 5.07. The zero-order chi connectivity index (χ0) is 17.9. The Balaban J connectivity index is 1.83. The molecule has 2 amide bonds. The number of aromatic nitrogens is 2. The summed E-state index contributed by atoms with van der Waals surface area (Å²) >= 11 is 0. The van der Waals surface area contributed by atoms with E-state index in [9.17, 15) is 18.0 Å². The van der Waals surface area contributed by atoms with Gasteiger partial charge in [0, 0.05) is 12.4 Å². The molecule has 0 fully saturated rings. The zero-order valence-electron chi connectivity index (χ0n) is 12.7. The van der Waals surface area contributed by atoms with Crippen LogP contribution in [-0.2, 0) is 12.7 Å². The predicted octanol–water partition coefficient (Wildman–Crippen LogP) is 3.81. The fraction of sp³-hybridized carbons (Fsp3) is 0.125. The van der Waals surface area contributed by atoms with Crippen LogP contribution in [0.5, 0.6) is 0 Å². The molecule has 0 bridgehead atoms. The third-order valence-corrected chi connectivity index (χ3v) is 3.33. The molecule has 0 unspecified atom stereocenters. The average Bonchev–Trinajstić information content (AvgIpc) is 3.26. The quantitative estimate of drug-likeness (QED) is 0.752. The van der Waals surface area contributed by atoms with Gasteiger partial charge < -0.3 is 15.1 Å². The second-order valence-corrected chi connectivity index (χ2v) is 5.07. The highest BCUT2D eigenvalue weighted by Crippen LogP contribution is 2.33. The van der Waals surface area contributed by atoms with Gasteiger partial charge >= 0.3 is 12.2 Å². The molecular formula is C16H13F3N4O2. The second kappa shape index (κ2) is 6.71. The van der Waals surface area contributed by atoms with Gasteiger partial charge in [0.05, 0.1) is 29.7 Å². The molecule has 0 saturated heterocycles. The maximum atomic E-state index is 13.0. The van der Waals surface area contributed by atoms with Crippen LogP contribution in [0.15, 0.2) is 59.5 Å². The first-order valence-corrected chi connectivity index (χ1v) is 7.22. The highest BCUT2D eigenvalue weighted by Gasteiger charge is 2.31. The van der Waals surface area contributed by atoms with E-state index in [-0.39, 0.29) is 12.2 Å². The predicted molar refractivity (Wildman–Crippen MR) is 83.1 cm³/mol. The lowest BCUT2D eigenvalue weighted by Gasteiger charge is -2.15. The van der Waals surface area contributed by atoms with Gasteiger partial charge in [-0.3, -0.25) is 0 Å². The number of alkyl halides is 3. The number of hydrogen-bond donors (Lipinski definition) is 2. The number of nitrogens with zero attached hydrogens (tertiary/aromatic N) is 2. The Morgan fingerprint density at radius 2 is 2.08 bits per heavy atom. The van der Waals surface area contributed by atoms with Gasteiger partial charge in [-0.15, -0.1) is 0 Å². The van der Waals surface area contributed by atoms with Crippen LogP contribution in [-0.4, -0.2) is 15.8 Å². The molecule has 0 aliphatic heterocycles. The standard InChI is InChI=1S/C16H13F3N4O2/c17-16(18,19)11-4-5-14(23-7-2-6-21-23)13(9-11)22-15(24)20-10-12-3-1-8-25-12/h1-9H,10H2,(H2,20,22,24). The van der Waals surface area contributed by atoms with E-state index in [1.807, 2.05) is 0 Å². The fourth-order valence-electron chi connectivity index (χ4n) is 2.17. The van der Waals surface area contributed by atoms with Crippen molar-refractivity contribution in [1.29, 1.82) is 0 Å². The lowest BCUT2D eigenvalue weighted by atomic mass is 10.1. The normalized spacial score (nSPS) is 11.3. The SMILES string of the molecule is O=C(NCc1ccco1)Nc1cc(C(F)(F)F)ccc1-n1cccn1. The minimum absolute atomic E-state index is 0.0181. The molecule has 0 atom stereocenters. The number of carbonyl (C=O) groups is 1. The van der Waals surface area contributed by atoms with Gasteiger partial charge in [-0.05, 0) is 36.4 Å². The monoisotopic (exact) mass is 350 g/mol. The van der Waals surface area contributed by atoms with Crippen LogP contribution in [0.25, 0.3) is 5.69 Å². The number of carbonyl (C=O) groups excluding carboxylic acids is 1. The molecule has 0 aliphatic carbocycles. The summed E-state index contributed by atoms with van der Waals surface area (Å²) < 4.78 is 45.3. The van der Waals surface area contributed by atoms with E-state index < -0.39 is 17.8 Å². The fourth-order valence-corrected chi connectivity index (χ4v) is 2.17. The lowest BCUT2D eigenvalue weighted by molar-refractivity contribution is -0.137. The third-order valence-electron chi connectivity index (χ3n) is 3.33. The molecule has 0 saturated carbocycles. The minimum Gasteiger partial charge on any atom is -0.467 e. The summed E-state index contributed by atoms with van der Waals surface area (Å²) in [5, 5.41) is 8.91. The van der Waals surface area contributed by atoms with Crippen LogP contribution in [0.1, 0.15) is 11.3 Å². The molecule has 3 rings (SSSR count). The van der Waals surface area contributed by atoms with E-state index >= 15 is 0 Å². The van der Waals surface area contributed by atoms with Crippen molar-refractivity contribution in [3.05, 3.63) is 66.4 Å². The molecule has 25 heavy (non-hydrogen) atoms. The zero-order valence-corrected chi connectivity index (χ0v) is 12.7. The molecular weight excluding hydrogens is 337 g/mol. The summed E-state index contributed by atoms with van der Waals surface area (Å²) in [6, 6.07) is 7.34. The van der Waals surface area contributed by atoms with Crippen molar-refractivity contribution < 1.29 is 22.4 Å². The number of rotatable bonds is 4. The van der Waals surface area contributed by atoms with Crippen LogP contribution < -0.4 is 10.6 Å². The van der Waals surface area contributed by atoms with E-state index in [1.54, 1.807) is 24.4 Å². The van der Waals surface area contributed by atoms with Crippen molar-refractivity contribution in [2.24, 2.45) is 0 Å². The average molecular weight is 350 g/mol. The van der Waals surface area contributed by atoms with Crippen LogP contribution in [0.4, 0.5) is 23.7 Å². The van der Waals surface area contributed by atoms with E-state index in [0.717, 1.165) is 12.1 Å². The summed E-state index contributed by atoms with van der Waals surface area (Å²) in [7, 11) is 0. The molecule has 2 heterocycles. The molecule has 1 aromatic carbocycles. The summed E-state index contributed by atoms with van der Waals surface area (Å²) in [5.41, 5.74) is -0.577. The number of halogens is 3. The van der Waals surface area contributed by atoms with Crippen molar-refractivity contribution in [2.45, 2.75) is 12.7 Å². The van der Waals surface area contributed by atoms with Gasteiger partial charge in [0.2, 0.25) is 0 Å². The molecule has 130 valence electrons. The molecule has 3 aromatic rings. The Bertz CT molecular complexity index is 843. The number of anilines is 1. The van der Waals surface area contributed by atoms with Gasteiger partial charge in [-0.1, -0.05) is 0 Å². The Hall–Kier alpha value is -3.23. The molecule has 6 nitrogen and oxygen atoms in total. The molecule has 0 radical (unpaired) electrons. The molecule has 2 aromatic heterocycles. The topological polar surface area (TPSA) is 72.1 Å². The van der Waals surface area contributed by atoms with Gasteiger partial charge in [-0.25, -0.2) is 9.48 Å². The lowest BCUT2D eigenvalue weighted by Crippen LogP contribution is -2.28. The van der Waals surface area contributed by atoms with Gasteiger partial charge in [-0.2, -0.15) is 18.3 Å². The van der Waals surface area contributed by atoms with Crippen molar-refractivity contribution >= 4 is 11.7 Å². The first-order valence-electron chi connectivity index (χ1n) is 7.22. The minimum atomic E-state index is -4.52. The smallest absolute Gasteiger partial charge is 0.416 e. The highest BCUT2D eigenvalue weighted by molar-refractivity contribution is 5.91. The van der Waals surface area contributed by atoms with Crippen molar-refractivity contribution in [3.8, 4) is 5.69 Å². The Kier molecular flexibility index (Phi) is 4.46. The van der Waals surface area contributed by atoms with Crippen molar-refractivity contribution in [3.63, 3.8) is 0 Å². The Morgan fingerprint density at radius 3 is 2.72 bits per heavy atom. The van der Waals surface area contributed by atoms with E-state index in [2.05, 4.69) is 15.7 Å². The number of hydrogen-bond acceptors (Lipinski definition) is 3. The summed E-state index contributed by atoms with van der Waals surface area (Å²) in [5.74, 6) is 0.520. The number of benzene rings is 1.